The summed E-state index contributed by atoms with van der Waals surface area (Å²) in [7, 11) is 2.04. The average Bonchev–Trinajstić information content (AvgIpc) is 2.85. The molecule has 0 aliphatic carbocycles. The lowest BCUT2D eigenvalue weighted by atomic mass is 10.1. The zero-order valence-corrected chi connectivity index (χ0v) is 9.77. The number of fused-ring (bicyclic) bond motifs is 1. The highest BCUT2D eigenvalue weighted by Crippen LogP contribution is 2.27. The van der Waals surface area contributed by atoms with Crippen LogP contribution >= 0.6 is 0 Å². The van der Waals surface area contributed by atoms with Gasteiger partial charge in [-0.15, -0.1) is 0 Å². The maximum atomic E-state index is 5.55. The topological polar surface area (TPSA) is 57.0 Å². The summed E-state index contributed by atoms with van der Waals surface area (Å²) in [4.78, 5) is 0. The Morgan fingerprint density at radius 2 is 2.12 bits per heavy atom. The lowest BCUT2D eigenvalue weighted by Gasteiger charge is -1.99. The van der Waals surface area contributed by atoms with Gasteiger partial charge in [0.05, 0.1) is 0 Å². The number of nitrogens with two attached hydrogens (primary N) is 1. The van der Waals surface area contributed by atoms with E-state index in [1.165, 1.54) is 16.5 Å². The van der Waals surface area contributed by atoms with Gasteiger partial charge in [-0.25, -0.2) is 0 Å². The molecule has 0 aliphatic rings. The van der Waals surface area contributed by atoms with Gasteiger partial charge in [0.1, 0.15) is 0 Å². The van der Waals surface area contributed by atoms with Gasteiger partial charge >= 0.3 is 0 Å². The van der Waals surface area contributed by atoms with Crippen LogP contribution < -0.4 is 5.73 Å². The molecule has 0 bridgehead atoms. The Labute approximate surface area is 98.6 Å². The van der Waals surface area contributed by atoms with Gasteiger partial charge in [-0.05, 0) is 30.7 Å². The number of rotatable bonds is 1. The van der Waals surface area contributed by atoms with E-state index in [2.05, 4.69) is 35.0 Å². The molecule has 0 amide bonds. The quantitative estimate of drug-likeness (QED) is 0.695. The summed E-state index contributed by atoms with van der Waals surface area (Å²) in [6, 6.07) is 7.93. The molecule has 2 heterocycles. The SMILES string of the molecule is Cc1cn(C)c2ccc(-c3cc(N)no3)cc12. The predicted octanol–water partition coefficient (Wildman–Crippen LogP) is 2.72. The summed E-state index contributed by atoms with van der Waals surface area (Å²) in [6.45, 7) is 2.10. The van der Waals surface area contributed by atoms with Gasteiger partial charge in [0.15, 0.2) is 11.6 Å². The monoisotopic (exact) mass is 227 g/mol. The first kappa shape index (κ1) is 9.96. The van der Waals surface area contributed by atoms with Crippen LogP contribution in [0.25, 0.3) is 22.2 Å². The summed E-state index contributed by atoms with van der Waals surface area (Å²) >= 11 is 0. The van der Waals surface area contributed by atoms with E-state index in [0.29, 0.717) is 11.6 Å². The lowest BCUT2D eigenvalue weighted by Crippen LogP contribution is -1.83. The minimum Gasteiger partial charge on any atom is -0.381 e. The fraction of sp³-hybridized carbons (Fsp3) is 0.154. The van der Waals surface area contributed by atoms with Gasteiger partial charge < -0.3 is 14.8 Å². The molecule has 0 saturated heterocycles. The average molecular weight is 227 g/mol. The van der Waals surface area contributed by atoms with Crippen molar-refractivity contribution >= 4 is 16.7 Å². The molecule has 0 aliphatic heterocycles. The molecule has 17 heavy (non-hydrogen) atoms. The molecule has 0 unspecified atom stereocenters. The second-order valence-electron chi connectivity index (χ2n) is 4.27. The molecule has 0 saturated carbocycles. The van der Waals surface area contributed by atoms with Crippen LogP contribution in [0.1, 0.15) is 5.56 Å². The van der Waals surface area contributed by atoms with Gasteiger partial charge in [-0.2, -0.15) is 0 Å². The Bertz CT molecular complexity index is 694. The van der Waals surface area contributed by atoms with E-state index >= 15 is 0 Å². The van der Waals surface area contributed by atoms with Gasteiger partial charge in [0.25, 0.3) is 0 Å². The second-order valence-corrected chi connectivity index (χ2v) is 4.27. The van der Waals surface area contributed by atoms with E-state index in [-0.39, 0.29) is 0 Å². The molecular weight excluding hydrogens is 214 g/mol. The Balaban J connectivity index is 2.22. The van der Waals surface area contributed by atoms with Crippen LogP contribution in [-0.4, -0.2) is 9.72 Å². The third kappa shape index (κ3) is 1.49. The highest BCUT2D eigenvalue weighted by molar-refractivity contribution is 5.87. The molecule has 3 aromatic rings. The first-order valence-corrected chi connectivity index (χ1v) is 5.43. The summed E-state index contributed by atoms with van der Waals surface area (Å²) in [5.74, 6) is 1.11. The predicted molar refractivity (Wildman–Crippen MR) is 67.6 cm³/mol. The van der Waals surface area contributed by atoms with Crippen molar-refractivity contribution in [2.24, 2.45) is 7.05 Å². The fourth-order valence-corrected chi connectivity index (χ4v) is 2.17. The Kier molecular flexibility index (Phi) is 1.98. The van der Waals surface area contributed by atoms with Crippen molar-refractivity contribution in [3.05, 3.63) is 36.0 Å². The largest absolute Gasteiger partial charge is 0.381 e. The highest BCUT2D eigenvalue weighted by Gasteiger charge is 2.08. The number of nitrogen functional groups attached to an aromatic ring is 1. The van der Waals surface area contributed by atoms with Crippen molar-refractivity contribution in [3.8, 4) is 11.3 Å². The molecule has 4 nitrogen and oxygen atoms in total. The Morgan fingerprint density at radius 1 is 1.29 bits per heavy atom. The standard InChI is InChI=1S/C13H13N3O/c1-8-7-16(2)11-4-3-9(5-10(8)11)12-6-13(14)15-17-12/h3-7H,1-2H3,(H2,14,15). The van der Waals surface area contributed by atoms with Crippen LogP contribution in [0.15, 0.2) is 35.0 Å². The van der Waals surface area contributed by atoms with Crippen molar-refractivity contribution in [3.63, 3.8) is 0 Å². The molecule has 4 heteroatoms. The zero-order valence-electron chi connectivity index (χ0n) is 9.77. The molecule has 86 valence electrons. The van der Waals surface area contributed by atoms with E-state index in [4.69, 9.17) is 10.3 Å². The smallest absolute Gasteiger partial charge is 0.169 e. The van der Waals surface area contributed by atoms with E-state index < -0.39 is 0 Å². The van der Waals surface area contributed by atoms with Crippen LogP contribution in [0.4, 0.5) is 5.82 Å². The van der Waals surface area contributed by atoms with Gasteiger partial charge in [0, 0.05) is 35.8 Å². The van der Waals surface area contributed by atoms with E-state index in [1.807, 2.05) is 13.1 Å². The number of benzene rings is 1. The van der Waals surface area contributed by atoms with Gasteiger partial charge in [-0.1, -0.05) is 5.16 Å². The summed E-state index contributed by atoms with van der Waals surface area (Å²) in [5.41, 5.74) is 9.00. The third-order valence-corrected chi connectivity index (χ3v) is 3.00. The summed E-state index contributed by atoms with van der Waals surface area (Å²) in [5, 5.41) is 4.92. The molecule has 0 spiro atoms. The maximum Gasteiger partial charge on any atom is 0.169 e. The van der Waals surface area contributed by atoms with Crippen LogP contribution in [0, 0.1) is 6.92 Å². The number of aromatic nitrogens is 2. The van der Waals surface area contributed by atoms with Crippen molar-refractivity contribution in [1.29, 1.82) is 0 Å². The normalized spacial score (nSPS) is 11.2. The Hall–Kier alpha value is -2.23. The molecule has 2 N–H and O–H groups in total. The minimum absolute atomic E-state index is 0.407. The van der Waals surface area contributed by atoms with E-state index in [1.54, 1.807) is 6.07 Å². The summed E-state index contributed by atoms with van der Waals surface area (Å²) in [6.07, 6.45) is 2.11. The first-order valence-electron chi connectivity index (χ1n) is 5.43. The first-order chi connectivity index (χ1) is 8.15. The molecular formula is C13H13N3O. The lowest BCUT2D eigenvalue weighted by molar-refractivity contribution is 0.436. The summed E-state index contributed by atoms with van der Waals surface area (Å²) < 4.78 is 7.28. The van der Waals surface area contributed by atoms with E-state index in [9.17, 15) is 0 Å². The highest BCUT2D eigenvalue weighted by atomic mass is 16.5. The number of nitrogens with zero attached hydrogens (tertiary/aromatic N) is 2. The van der Waals surface area contributed by atoms with Crippen LogP contribution in [0.2, 0.25) is 0 Å². The third-order valence-electron chi connectivity index (χ3n) is 3.00. The number of hydrogen-bond donors (Lipinski definition) is 1. The second kappa shape index (κ2) is 3.38. The molecule has 3 rings (SSSR count). The maximum absolute atomic E-state index is 5.55. The zero-order chi connectivity index (χ0) is 12.0. The fourth-order valence-electron chi connectivity index (χ4n) is 2.17. The molecule has 0 atom stereocenters. The van der Waals surface area contributed by atoms with Gasteiger partial charge in [-0.3, -0.25) is 0 Å². The molecule has 0 radical (unpaired) electrons. The van der Waals surface area contributed by atoms with Crippen molar-refractivity contribution in [2.75, 3.05) is 5.73 Å². The molecule has 1 aromatic carbocycles. The molecule has 2 aromatic heterocycles. The van der Waals surface area contributed by atoms with Crippen LogP contribution in [0.5, 0.6) is 0 Å². The van der Waals surface area contributed by atoms with Gasteiger partial charge in [0.2, 0.25) is 0 Å². The number of hydrogen-bond acceptors (Lipinski definition) is 3. The van der Waals surface area contributed by atoms with Crippen LogP contribution in [0.3, 0.4) is 0 Å². The van der Waals surface area contributed by atoms with Crippen molar-refractivity contribution in [1.82, 2.24) is 9.72 Å². The Morgan fingerprint density at radius 3 is 2.82 bits per heavy atom. The van der Waals surface area contributed by atoms with E-state index in [0.717, 1.165) is 5.56 Å². The molecule has 0 fully saturated rings. The van der Waals surface area contributed by atoms with Crippen LogP contribution in [-0.2, 0) is 7.05 Å². The van der Waals surface area contributed by atoms with Crippen molar-refractivity contribution < 1.29 is 4.52 Å². The number of aryl methyl sites for hydroxylation is 2. The number of anilines is 1. The minimum atomic E-state index is 0.407. The van der Waals surface area contributed by atoms with Crippen molar-refractivity contribution in [2.45, 2.75) is 6.92 Å².